The third kappa shape index (κ3) is 4.15. The Balaban J connectivity index is 2.97. The lowest BCUT2D eigenvalue weighted by atomic mass is 10.5. The largest absolute Gasteiger partial charge is 0.395 e. The van der Waals surface area contributed by atoms with Crippen molar-refractivity contribution in [1.82, 2.24) is 0 Å². The molecule has 0 amide bonds. The highest BCUT2D eigenvalue weighted by Gasteiger charge is 1.96. The summed E-state index contributed by atoms with van der Waals surface area (Å²) in [5.41, 5.74) is 0. The number of hydrogen-bond acceptors (Lipinski definition) is 3. The van der Waals surface area contributed by atoms with Crippen LogP contribution in [0.4, 0.5) is 0 Å². The monoisotopic (exact) mass is 134 g/mol. The molecule has 0 saturated carbocycles. The summed E-state index contributed by atoms with van der Waals surface area (Å²) < 4.78 is 0. The predicted molar refractivity (Wildman–Crippen MR) is 35.1 cm³/mol. The molecule has 0 spiro atoms. The highest BCUT2D eigenvalue weighted by atomic mass is 32.2. The molecule has 1 atom stereocenters. The van der Waals surface area contributed by atoms with Crippen LogP contribution >= 0.6 is 11.8 Å². The maximum atomic E-state index is 9.72. The normalized spacial score (nSPS) is 13.2. The highest BCUT2D eigenvalue weighted by Crippen LogP contribution is 2.06. The molecule has 48 valence electrons. The second-order valence-electron chi connectivity index (χ2n) is 1.49. The molecular formula is C5H10O2S. The first-order valence-electron chi connectivity index (χ1n) is 2.47. The molecule has 3 heteroatoms. The molecule has 0 fully saturated rings. The fourth-order valence-electron chi connectivity index (χ4n) is 0.256. The molecule has 0 aromatic rings. The third-order valence-corrected chi connectivity index (χ3v) is 1.75. The summed E-state index contributed by atoms with van der Waals surface area (Å²) in [7, 11) is 0. The fourth-order valence-corrected chi connectivity index (χ4v) is 0.769. The second kappa shape index (κ2) is 5.12. The van der Waals surface area contributed by atoms with Gasteiger partial charge in [0.25, 0.3) is 0 Å². The molecule has 0 aromatic carbocycles. The van der Waals surface area contributed by atoms with Crippen molar-refractivity contribution in [3.8, 4) is 0 Å². The topological polar surface area (TPSA) is 37.3 Å². The van der Waals surface area contributed by atoms with E-state index in [1.54, 1.807) is 0 Å². The summed E-state index contributed by atoms with van der Waals surface area (Å²) in [4.78, 5) is 9.72. The average Bonchev–Trinajstić information content (AvgIpc) is 1.83. The lowest BCUT2D eigenvalue weighted by Gasteiger charge is -2.01. The van der Waals surface area contributed by atoms with Gasteiger partial charge in [-0.3, -0.25) is 0 Å². The van der Waals surface area contributed by atoms with Crippen LogP contribution in [-0.4, -0.2) is 29.0 Å². The van der Waals surface area contributed by atoms with Crippen LogP contribution < -0.4 is 0 Å². The minimum atomic E-state index is 0.151. The Morgan fingerprint density at radius 3 is 2.88 bits per heavy atom. The first-order chi connectivity index (χ1) is 3.81. The first-order valence-corrected chi connectivity index (χ1v) is 3.52. The molecule has 0 saturated heterocycles. The summed E-state index contributed by atoms with van der Waals surface area (Å²) in [6.45, 7) is 2.03. The zero-order valence-corrected chi connectivity index (χ0v) is 5.65. The minimum Gasteiger partial charge on any atom is -0.395 e. The molecule has 0 heterocycles. The van der Waals surface area contributed by atoms with E-state index < -0.39 is 0 Å². The molecule has 0 rings (SSSR count). The molecule has 0 aliphatic heterocycles. The van der Waals surface area contributed by atoms with Crippen molar-refractivity contribution >= 4 is 18.0 Å². The Kier molecular flexibility index (Phi) is 5.11. The Bertz CT molecular complexity index is 65.4. The van der Waals surface area contributed by atoms with E-state index in [-0.39, 0.29) is 11.9 Å². The Morgan fingerprint density at radius 1 is 1.88 bits per heavy atom. The molecule has 0 aliphatic rings. The lowest BCUT2D eigenvalue weighted by molar-refractivity contribution is -0.105. The zero-order valence-electron chi connectivity index (χ0n) is 4.83. The van der Waals surface area contributed by atoms with Gasteiger partial charge in [-0.15, -0.1) is 11.8 Å². The molecule has 0 bridgehead atoms. The van der Waals surface area contributed by atoms with Crippen LogP contribution in [0.2, 0.25) is 0 Å². The zero-order chi connectivity index (χ0) is 6.41. The van der Waals surface area contributed by atoms with Crippen LogP contribution in [-0.2, 0) is 4.79 Å². The van der Waals surface area contributed by atoms with Crippen LogP contribution in [0.25, 0.3) is 0 Å². The standard InChI is InChI=1S/C5H10O2S/c1-5(4-7)8-3-2-6/h2,5,7H,3-4H2,1H3. The van der Waals surface area contributed by atoms with Gasteiger partial charge in [0.05, 0.1) is 6.61 Å². The Labute approximate surface area is 53.3 Å². The van der Waals surface area contributed by atoms with E-state index in [0.717, 1.165) is 6.29 Å². The first kappa shape index (κ1) is 7.98. The van der Waals surface area contributed by atoms with Crippen LogP contribution in [0.15, 0.2) is 0 Å². The van der Waals surface area contributed by atoms with Gasteiger partial charge in [0.2, 0.25) is 0 Å². The summed E-state index contributed by atoms with van der Waals surface area (Å²) in [5, 5.41) is 8.62. The Morgan fingerprint density at radius 2 is 2.50 bits per heavy atom. The molecule has 1 N–H and O–H groups in total. The van der Waals surface area contributed by atoms with Gasteiger partial charge in [-0.25, -0.2) is 0 Å². The van der Waals surface area contributed by atoms with Crippen molar-refractivity contribution in [1.29, 1.82) is 0 Å². The number of thioether (sulfide) groups is 1. The van der Waals surface area contributed by atoms with E-state index in [4.69, 9.17) is 5.11 Å². The maximum absolute atomic E-state index is 9.72. The van der Waals surface area contributed by atoms with Gasteiger partial charge >= 0.3 is 0 Å². The molecule has 0 radical (unpaired) electrons. The average molecular weight is 134 g/mol. The number of aliphatic hydroxyl groups is 1. The van der Waals surface area contributed by atoms with E-state index in [1.165, 1.54) is 11.8 Å². The summed E-state index contributed by atoms with van der Waals surface area (Å²) in [6, 6.07) is 0. The van der Waals surface area contributed by atoms with E-state index >= 15 is 0 Å². The predicted octanol–water partition coefficient (Wildman–Crippen LogP) is 0.299. The van der Waals surface area contributed by atoms with Crippen LogP contribution in [0.1, 0.15) is 6.92 Å². The molecule has 0 aromatic heterocycles. The minimum absolute atomic E-state index is 0.151. The number of carbonyl (C=O) groups excluding carboxylic acids is 1. The van der Waals surface area contributed by atoms with Gasteiger partial charge in [-0.05, 0) is 0 Å². The quantitative estimate of drug-likeness (QED) is 0.562. The third-order valence-electron chi connectivity index (χ3n) is 0.706. The summed E-state index contributed by atoms with van der Waals surface area (Å²) >= 11 is 1.46. The van der Waals surface area contributed by atoms with Crippen molar-refractivity contribution < 1.29 is 9.90 Å². The maximum Gasteiger partial charge on any atom is 0.129 e. The summed E-state index contributed by atoms with van der Waals surface area (Å²) in [6.07, 6.45) is 0.844. The van der Waals surface area contributed by atoms with Gasteiger partial charge in [0.1, 0.15) is 6.29 Å². The van der Waals surface area contributed by atoms with E-state index in [2.05, 4.69) is 0 Å². The van der Waals surface area contributed by atoms with E-state index in [1.807, 2.05) is 6.92 Å². The number of hydrogen-bond donors (Lipinski definition) is 1. The van der Waals surface area contributed by atoms with Crippen molar-refractivity contribution in [3.05, 3.63) is 0 Å². The van der Waals surface area contributed by atoms with Crippen molar-refractivity contribution in [2.75, 3.05) is 12.4 Å². The summed E-state index contributed by atoms with van der Waals surface area (Å²) in [5.74, 6) is 0.488. The molecular weight excluding hydrogens is 124 g/mol. The lowest BCUT2D eigenvalue weighted by Crippen LogP contribution is -2.02. The fraction of sp³-hybridized carbons (Fsp3) is 0.800. The van der Waals surface area contributed by atoms with Gasteiger partial charge in [0, 0.05) is 11.0 Å². The molecule has 8 heavy (non-hydrogen) atoms. The SMILES string of the molecule is CC(CO)SCC=O. The number of aliphatic hydroxyl groups excluding tert-OH is 1. The van der Waals surface area contributed by atoms with Gasteiger partial charge < -0.3 is 9.90 Å². The molecule has 1 unspecified atom stereocenters. The van der Waals surface area contributed by atoms with Gasteiger partial charge in [-0.1, -0.05) is 6.92 Å². The van der Waals surface area contributed by atoms with E-state index in [9.17, 15) is 4.79 Å². The number of carbonyl (C=O) groups is 1. The highest BCUT2D eigenvalue weighted by molar-refractivity contribution is 8.00. The van der Waals surface area contributed by atoms with Crippen LogP contribution in [0.5, 0.6) is 0 Å². The Hall–Kier alpha value is -0.0200. The smallest absolute Gasteiger partial charge is 0.129 e. The van der Waals surface area contributed by atoms with Crippen molar-refractivity contribution in [3.63, 3.8) is 0 Å². The van der Waals surface area contributed by atoms with Crippen LogP contribution in [0.3, 0.4) is 0 Å². The van der Waals surface area contributed by atoms with E-state index in [0.29, 0.717) is 5.75 Å². The van der Waals surface area contributed by atoms with Crippen molar-refractivity contribution in [2.24, 2.45) is 0 Å². The number of rotatable bonds is 4. The molecule has 2 nitrogen and oxygen atoms in total. The number of aldehydes is 1. The second-order valence-corrected chi connectivity index (χ2v) is 2.96. The van der Waals surface area contributed by atoms with Gasteiger partial charge in [-0.2, -0.15) is 0 Å². The van der Waals surface area contributed by atoms with Gasteiger partial charge in [0.15, 0.2) is 0 Å². The van der Waals surface area contributed by atoms with Crippen LogP contribution in [0, 0.1) is 0 Å². The molecule has 0 aliphatic carbocycles. The van der Waals surface area contributed by atoms with Crippen molar-refractivity contribution in [2.45, 2.75) is 12.2 Å².